The quantitative estimate of drug-likeness (QED) is 0.719. The first-order valence-corrected chi connectivity index (χ1v) is 10.3. The zero-order valence-electron chi connectivity index (χ0n) is 16.1. The molecule has 0 saturated carbocycles. The second-order valence-corrected chi connectivity index (χ2v) is 8.57. The van der Waals surface area contributed by atoms with E-state index in [1.807, 2.05) is 6.92 Å². The molecule has 2 aromatic heterocycles. The first kappa shape index (κ1) is 21.3. The molecule has 1 amide bonds. The Bertz CT molecular complexity index is 1020. The maximum absolute atomic E-state index is 12.9. The van der Waals surface area contributed by atoms with Crippen molar-refractivity contribution < 1.29 is 26.4 Å². The van der Waals surface area contributed by atoms with Gasteiger partial charge in [-0.15, -0.1) is 0 Å². The molecule has 3 heterocycles. The summed E-state index contributed by atoms with van der Waals surface area (Å²) >= 11 is 0. The fraction of sp³-hybridized carbons (Fsp3) is 0.562. The van der Waals surface area contributed by atoms with Gasteiger partial charge in [0.05, 0.1) is 5.69 Å². The van der Waals surface area contributed by atoms with Crippen molar-refractivity contribution in [2.45, 2.75) is 31.5 Å². The number of aryl methyl sites for hydroxylation is 3. The molecule has 1 aliphatic rings. The number of rotatable bonds is 4. The van der Waals surface area contributed by atoms with E-state index in [1.54, 1.807) is 6.92 Å². The van der Waals surface area contributed by atoms with E-state index in [0.717, 1.165) is 7.05 Å². The second kappa shape index (κ2) is 7.44. The zero-order valence-corrected chi connectivity index (χ0v) is 17.0. The lowest BCUT2D eigenvalue weighted by molar-refractivity contribution is -0.143. The molecule has 0 atom stereocenters. The minimum atomic E-state index is -4.62. The van der Waals surface area contributed by atoms with Crippen LogP contribution in [0.3, 0.4) is 0 Å². The summed E-state index contributed by atoms with van der Waals surface area (Å²) in [6.45, 7) is 4.15. The van der Waals surface area contributed by atoms with E-state index >= 15 is 0 Å². The minimum absolute atomic E-state index is 0.0315. The third kappa shape index (κ3) is 4.01. The van der Waals surface area contributed by atoms with Crippen LogP contribution in [0.2, 0.25) is 0 Å². The van der Waals surface area contributed by atoms with Crippen molar-refractivity contribution in [2.24, 2.45) is 7.05 Å². The molecule has 2 aromatic rings. The first-order chi connectivity index (χ1) is 13.4. The van der Waals surface area contributed by atoms with E-state index < -0.39 is 27.8 Å². The molecule has 29 heavy (non-hydrogen) atoms. The van der Waals surface area contributed by atoms with Gasteiger partial charge in [0.2, 0.25) is 10.0 Å². The highest BCUT2D eigenvalue weighted by Crippen LogP contribution is 2.29. The lowest BCUT2D eigenvalue weighted by atomic mass is 10.3. The van der Waals surface area contributed by atoms with Crippen LogP contribution in [-0.4, -0.2) is 69.3 Å². The van der Waals surface area contributed by atoms with Gasteiger partial charge in [-0.25, -0.2) is 8.42 Å². The Balaban J connectivity index is 1.72. The summed E-state index contributed by atoms with van der Waals surface area (Å²) < 4.78 is 67.9. The van der Waals surface area contributed by atoms with Gasteiger partial charge in [0.25, 0.3) is 5.91 Å². The van der Waals surface area contributed by atoms with E-state index in [1.165, 1.54) is 20.1 Å². The number of hydrogen-bond acceptors (Lipinski definition) is 5. The van der Waals surface area contributed by atoms with Gasteiger partial charge < -0.3 is 4.90 Å². The predicted octanol–water partition coefficient (Wildman–Crippen LogP) is 1.11. The fourth-order valence-corrected chi connectivity index (χ4v) is 4.78. The maximum atomic E-state index is 12.9. The molecule has 0 spiro atoms. The number of nitrogens with zero attached hydrogens (tertiary/aromatic N) is 6. The van der Waals surface area contributed by atoms with Gasteiger partial charge in [0.1, 0.15) is 10.6 Å². The van der Waals surface area contributed by atoms with E-state index in [0.29, 0.717) is 23.0 Å². The summed E-state index contributed by atoms with van der Waals surface area (Å²) in [5.41, 5.74) is -0.958. The molecular weight excluding hydrogens is 413 g/mol. The highest BCUT2D eigenvalue weighted by atomic mass is 32.2. The van der Waals surface area contributed by atoms with Crippen LogP contribution in [0.5, 0.6) is 0 Å². The molecule has 0 aliphatic carbocycles. The van der Waals surface area contributed by atoms with Crippen LogP contribution >= 0.6 is 0 Å². The number of hydrogen-bond donors (Lipinski definition) is 0. The SMILES string of the molecule is CCn1cc(S(=O)(=O)N2CCN(C(=O)c3cc(C(F)(F)F)n(C)n3)CC2)c(C)n1. The van der Waals surface area contributed by atoms with Crippen LogP contribution < -0.4 is 0 Å². The van der Waals surface area contributed by atoms with Crippen LogP contribution in [0.1, 0.15) is 28.8 Å². The lowest BCUT2D eigenvalue weighted by Crippen LogP contribution is -2.50. The molecule has 9 nitrogen and oxygen atoms in total. The van der Waals surface area contributed by atoms with E-state index in [-0.39, 0.29) is 36.8 Å². The molecule has 1 fully saturated rings. The van der Waals surface area contributed by atoms with Gasteiger partial charge in [-0.05, 0) is 13.8 Å². The number of aromatic nitrogens is 4. The number of carbonyl (C=O) groups is 1. The molecule has 160 valence electrons. The van der Waals surface area contributed by atoms with Gasteiger partial charge >= 0.3 is 6.18 Å². The van der Waals surface area contributed by atoms with E-state index in [4.69, 9.17) is 0 Å². The Labute approximate surface area is 165 Å². The molecule has 0 aromatic carbocycles. The second-order valence-electron chi connectivity index (χ2n) is 6.67. The Morgan fingerprint density at radius 3 is 2.28 bits per heavy atom. The standard InChI is InChI=1S/C16H21F3N6O3S/c1-4-24-10-13(11(2)20-24)29(27,28)25-7-5-23(6-8-25)15(26)12-9-14(16(17,18)19)22(3)21-12/h9-10H,4-8H2,1-3H3. The Morgan fingerprint density at radius 2 is 1.79 bits per heavy atom. The number of sulfonamides is 1. The summed E-state index contributed by atoms with van der Waals surface area (Å²) in [5.74, 6) is -0.664. The molecule has 1 aliphatic heterocycles. The molecule has 3 rings (SSSR count). The van der Waals surface area contributed by atoms with Crippen molar-refractivity contribution >= 4 is 15.9 Å². The molecule has 0 bridgehead atoms. The molecular formula is C16H21F3N6O3S. The van der Waals surface area contributed by atoms with Gasteiger partial charge in [-0.1, -0.05) is 0 Å². The summed E-state index contributed by atoms with van der Waals surface area (Å²) in [5, 5.41) is 7.80. The highest BCUT2D eigenvalue weighted by Gasteiger charge is 2.37. The molecule has 1 saturated heterocycles. The van der Waals surface area contributed by atoms with Gasteiger partial charge in [0.15, 0.2) is 5.69 Å². The van der Waals surface area contributed by atoms with Crippen molar-refractivity contribution in [1.29, 1.82) is 0 Å². The Hall–Kier alpha value is -2.41. The third-order valence-corrected chi connectivity index (χ3v) is 6.76. The van der Waals surface area contributed by atoms with Crippen molar-refractivity contribution in [3.63, 3.8) is 0 Å². The fourth-order valence-electron chi connectivity index (χ4n) is 3.18. The number of piperazine rings is 1. The van der Waals surface area contributed by atoms with Crippen molar-refractivity contribution in [3.05, 3.63) is 29.3 Å². The molecule has 0 radical (unpaired) electrons. The average Bonchev–Trinajstić information content (AvgIpc) is 3.24. The minimum Gasteiger partial charge on any atom is -0.335 e. The van der Waals surface area contributed by atoms with Gasteiger partial charge in [-0.2, -0.15) is 27.7 Å². The predicted molar refractivity (Wildman–Crippen MR) is 95.5 cm³/mol. The number of alkyl halides is 3. The third-order valence-electron chi connectivity index (χ3n) is 4.76. The Kier molecular flexibility index (Phi) is 5.47. The maximum Gasteiger partial charge on any atom is 0.433 e. The van der Waals surface area contributed by atoms with Crippen LogP contribution in [-0.2, 0) is 29.8 Å². The number of halogens is 3. The van der Waals surface area contributed by atoms with Crippen LogP contribution in [0.15, 0.2) is 17.2 Å². The monoisotopic (exact) mass is 434 g/mol. The van der Waals surface area contributed by atoms with Crippen molar-refractivity contribution in [3.8, 4) is 0 Å². The molecule has 0 unspecified atom stereocenters. The summed E-state index contributed by atoms with van der Waals surface area (Å²) in [6.07, 6.45) is -3.15. The number of carbonyl (C=O) groups excluding carboxylic acids is 1. The smallest absolute Gasteiger partial charge is 0.335 e. The van der Waals surface area contributed by atoms with Crippen LogP contribution in [0.25, 0.3) is 0 Å². The summed E-state index contributed by atoms with van der Waals surface area (Å²) in [6, 6.07) is 0.702. The average molecular weight is 434 g/mol. The number of amides is 1. The summed E-state index contributed by atoms with van der Waals surface area (Å²) in [7, 11) is -2.66. The zero-order chi connectivity index (χ0) is 21.6. The lowest BCUT2D eigenvalue weighted by Gasteiger charge is -2.33. The highest BCUT2D eigenvalue weighted by molar-refractivity contribution is 7.89. The van der Waals surface area contributed by atoms with Crippen LogP contribution in [0.4, 0.5) is 13.2 Å². The van der Waals surface area contributed by atoms with E-state index in [9.17, 15) is 26.4 Å². The first-order valence-electron chi connectivity index (χ1n) is 8.90. The summed E-state index contributed by atoms with van der Waals surface area (Å²) in [4.78, 5) is 13.9. The largest absolute Gasteiger partial charge is 0.433 e. The van der Waals surface area contributed by atoms with Gasteiger partial charge in [0, 0.05) is 52.0 Å². The molecule has 13 heteroatoms. The molecule has 0 N–H and O–H groups in total. The Morgan fingerprint density at radius 1 is 1.17 bits per heavy atom. The van der Waals surface area contributed by atoms with Gasteiger partial charge in [-0.3, -0.25) is 14.2 Å². The topological polar surface area (TPSA) is 93.3 Å². The van der Waals surface area contributed by atoms with Crippen molar-refractivity contribution in [1.82, 2.24) is 28.8 Å². The van der Waals surface area contributed by atoms with E-state index in [2.05, 4.69) is 10.2 Å². The normalized spacial score (nSPS) is 16.4. The van der Waals surface area contributed by atoms with Crippen LogP contribution in [0, 0.1) is 6.92 Å². The van der Waals surface area contributed by atoms with Crippen molar-refractivity contribution in [2.75, 3.05) is 26.2 Å².